The van der Waals surface area contributed by atoms with Gasteiger partial charge in [0.15, 0.2) is 0 Å². The fourth-order valence-corrected chi connectivity index (χ4v) is 5.77. The van der Waals surface area contributed by atoms with Gasteiger partial charge in [-0.15, -0.1) is 0 Å². The van der Waals surface area contributed by atoms with Crippen molar-refractivity contribution in [3.05, 3.63) is 23.3 Å². The second-order valence-electron chi connectivity index (χ2n) is 7.85. The number of hydrogen-bond donors (Lipinski definition) is 2. The lowest BCUT2D eigenvalue weighted by atomic mass is 9.55. The van der Waals surface area contributed by atoms with Crippen LogP contribution in [-0.2, 0) is 6.42 Å². The lowest BCUT2D eigenvalue weighted by molar-refractivity contribution is -0.0226. The molecular formula is C19H27NO2. The van der Waals surface area contributed by atoms with Crippen LogP contribution < -0.4 is 10.5 Å². The second-order valence-corrected chi connectivity index (χ2v) is 7.85. The van der Waals surface area contributed by atoms with Crippen molar-refractivity contribution in [1.82, 2.24) is 0 Å². The maximum atomic E-state index is 10.4. The Morgan fingerprint density at radius 3 is 2.82 bits per heavy atom. The van der Waals surface area contributed by atoms with E-state index in [9.17, 15) is 5.11 Å². The van der Waals surface area contributed by atoms with Crippen molar-refractivity contribution in [3.8, 4) is 5.75 Å². The summed E-state index contributed by atoms with van der Waals surface area (Å²) in [5, 5.41) is 10.4. The van der Waals surface area contributed by atoms with E-state index in [0.717, 1.165) is 36.6 Å². The van der Waals surface area contributed by atoms with E-state index in [2.05, 4.69) is 19.1 Å². The number of aliphatic hydroxyl groups is 1. The van der Waals surface area contributed by atoms with Crippen LogP contribution in [-0.4, -0.2) is 18.3 Å². The van der Waals surface area contributed by atoms with Gasteiger partial charge in [0, 0.05) is 0 Å². The third-order valence-corrected chi connectivity index (χ3v) is 7.03. The predicted octanol–water partition coefficient (Wildman–Crippen LogP) is 3.49. The molecule has 0 heterocycles. The van der Waals surface area contributed by atoms with Gasteiger partial charge in [0.2, 0.25) is 0 Å². The smallest absolute Gasteiger partial charge is 0.142 e. The predicted molar refractivity (Wildman–Crippen MR) is 88.0 cm³/mol. The molecule has 0 bridgehead atoms. The zero-order chi connectivity index (χ0) is 15.5. The van der Waals surface area contributed by atoms with Gasteiger partial charge in [-0.25, -0.2) is 0 Å². The Balaban J connectivity index is 1.71. The number of ether oxygens (including phenoxy) is 1. The van der Waals surface area contributed by atoms with Gasteiger partial charge < -0.3 is 15.6 Å². The van der Waals surface area contributed by atoms with E-state index in [1.165, 1.54) is 30.4 Å². The molecule has 3 aliphatic rings. The van der Waals surface area contributed by atoms with Gasteiger partial charge in [0.05, 0.1) is 18.9 Å². The summed E-state index contributed by atoms with van der Waals surface area (Å²) in [5.41, 5.74) is 9.96. The van der Waals surface area contributed by atoms with E-state index in [1.807, 2.05) is 0 Å². The lowest BCUT2D eigenvalue weighted by Crippen LogP contribution is -2.43. The quantitative estimate of drug-likeness (QED) is 0.781. The number of fused-ring (bicyclic) bond motifs is 5. The van der Waals surface area contributed by atoms with E-state index >= 15 is 0 Å². The number of methoxy groups -OCH3 is 1. The summed E-state index contributed by atoms with van der Waals surface area (Å²) in [5.74, 6) is 2.84. The molecule has 3 aliphatic carbocycles. The summed E-state index contributed by atoms with van der Waals surface area (Å²) in [6.45, 7) is 2.32. The number of nitrogen functional groups attached to an aromatic ring is 1. The topological polar surface area (TPSA) is 55.5 Å². The standard InChI is InChI=1S/C19H27NO2/c1-19-8-7-12-13(15(19)5-6-18(19)21)4-3-11-9-17(22-2)16(20)10-14(11)12/h9-10,12-13,15,18,21H,3-8,20H2,1-2H3/t12-,13+,15-,18-,19-/m0/s1. The molecule has 4 rings (SSSR count). The first kappa shape index (κ1) is 14.4. The molecule has 0 radical (unpaired) electrons. The third-order valence-electron chi connectivity index (χ3n) is 7.03. The molecule has 0 unspecified atom stereocenters. The Morgan fingerprint density at radius 1 is 1.23 bits per heavy atom. The minimum absolute atomic E-state index is 0.0965. The Kier molecular flexibility index (Phi) is 3.19. The highest BCUT2D eigenvalue weighted by Crippen LogP contribution is 2.61. The van der Waals surface area contributed by atoms with Gasteiger partial charge in [-0.1, -0.05) is 6.92 Å². The SMILES string of the molecule is COc1cc2c(cc1N)[C@H]1CC[C@]3(C)[C@@H](O)CC[C@H]3[C@@H]1CC2. The zero-order valence-corrected chi connectivity index (χ0v) is 13.6. The Hall–Kier alpha value is -1.22. The molecule has 5 atom stereocenters. The van der Waals surface area contributed by atoms with Crippen molar-refractivity contribution in [3.63, 3.8) is 0 Å². The number of aryl methyl sites for hydroxylation is 1. The Labute approximate surface area is 132 Å². The van der Waals surface area contributed by atoms with Crippen LogP contribution >= 0.6 is 0 Å². The van der Waals surface area contributed by atoms with Crippen LogP contribution in [0.5, 0.6) is 5.75 Å². The second kappa shape index (κ2) is 4.89. The number of benzene rings is 1. The normalized spacial score (nSPS) is 39.8. The fourth-order valence-electron chi connectivity index (χ4n) is 5.77. The van der Waals surface area contributed by atoms with Crippen molar-refractivity contribution in [2.24, 2.45) is 17.3 Å². The van der Waals surface area contributed by atoms with E-state index in [1.54, 1.807) is 7.11 Å². The minimum atomic E-state index is -0.0965. The third kappa shape index (κ3) is 1.84. The first-order valence-corrected chi connectivity index (χ1v) is 8.69. The molecule has 22 heavy (non-hydrogen) atoms. The molecule has 2 saturated carbocycles. The Morgan fingerprint density at radius 2 is 2.05 bits per heavy atom. The highest BCUT2D eigenvalue weighted by atomic mass is 16.5. The number of nitrogens with two attached hydrogens (primary N) is 1. The molecule has 0 amide bonds. The number of anilines is 1. The van der Waals surface area contributed by atoms with Gasteiger partial charge in [-0.05, 0) is 85.0 Å². The number of aliphatic hydroxyl groups excluding tert-OH is 1. The molecule has 3 nitrogen and oxygen atoms in total. The van der Waals surface area contributed by atoms with Gasteiger partial charge in [0.25, 0.3) is 0 Å². The number of rotatable bonds is 1. The number of hydrogen-bond acceptors (Lipinski definition) is 3. The maximum Gasteiger partial charge on any atom is 0.142 e. The monoisotopic (exact) mass is 301 g/mol. The molecule has 1 aromatic carbocycles. The molecule has 1 aromatic rings. The minimum Gasteiger partial charge on any atom is -0.495 e. The summed E-state index contributed by atoms with van der Waals surface area (Å²) in [6, 6.07) is 4.32. The van der Waals surface area contributed by atoms with Crippen molar-refractivity contribution in [2.45, 2.75) is 57.5 Å². The Bertz CT molecular complexity index is 599. The van der Waals surface area contributed by atoms with Gasteiger partial charge >= 0.3 is 0 Å². The van der Waals surface area contributed by atoms with E-state index in [0.29, 0.717) is 11.8 Å². The molecule has 2 fully saturated rings. The van der Waals surface area contributed by atoms with Gasteiger partial charge in [-0.2, -0.15) is 0 Å². The summed E-state index contributed by atoms with van der Waals surface area (Å²) in [6.07, 6.45) is 6.79. The van der Waals surface area contributed by atoms with Crippen LogP contribution in [0.25, 0.3) is 0 Å². The van der Waals surface area contributed by atoms with Crippen LogP contribution in [0.2, 0.25) is 0 Å². The summed E-state index contributed by atoms with van der Waals surface area (Å²) in [4.78, 5) is 0. The largest absolute Gasteiger partial charge is 0.495 e. The zero-order valence-electron chi connectivity index (χ0n) is 13.6. The first-order valence-electron chi connectivity index (χ1n) is 8.69. The van der Waals surface area contributed by atoms with Crippen molar-refractivity contribution >= 4 is 5.69 Å². The lowest BCUT2D eigenvalue weighted by Gasteiger charge is -2.50. The van der Waals surface area contributed by atoms with Crippen LogP contribution in [0.1, 0.15) is 56.1 Å². The van der Waals surface area contributed by atoms with Crippen LogP contribution in [0, 0.1) is 17.3 Å². The molecule has 3 heteroatoms. The molecule has 120 valence electrons. The molecule has 0 saturated heterocycles. The van der Waals surface area contributed by atoms with Crippen molar-refractivity contribution in [2.75, 3.05) is 12.8 Å². The summed E-state index contributed by atoms with van der Waals surface area (Å²) < 4.78 is 5.39. The molecule has 3 N–H and O–H groups in total. The molecule has 0 spiro atoms. The van der Waals surface area contributed by atoms with Gasteiger partial charge in [0.1, 0.15) is 5.75 Å². The van der Waals surface area contributed by atoms with Crippen molar-refractivity contribution in [1.29, 1.82) is 0 Å². The van der Waals surface area contributed by atoms with Crippen LogP contribution in [0.4, 0.5) is 5.69 Å². The molecule has 0 aliphatic heterocycles. The fraction of sp³-hybridized carbons (Fsp3) is 0.684. The van der Waals surface area contributed by atoms with Crippen LogP contribution in [0.3, 0.4) is 0 Å². The van der Waals surface area contributed by atoms with E-state index in [4.69, 9.17) is 10.5 Å². The summed E-state index contributed by atoms with van der Waals surface area (Å²) in [7, 11) is 1.69. The average molecular weight is 301 g/mol. The van der Waals surface area contributed by atoms with Crippen molar-refractivity contribution < 1.29 is 9.84 Å². The van der Waals surface area contributed by atoms with Gasteiger partial charge in [-0.3, -0.25) is 0 Å². The first-order chi connectivity index (χ1) is 10.5. The average Bonchev–Trinajstić information content (AvgIpc) is 2.82. The summed E-state index contributed by atoms with van der Waals surface area (Å²) >= 11 is 0. The highest BCUT2D eigenvalue weighted by Gasteiger charge is 2.54. The highest BCUT2D eigenvalue weighted by molar-refractivity contribution is 5.58. The van der Waals surface area contributed by atoms with E-state index < -0.39 is 0 Å². The maximum absolute atomic E-state index is 10.4. The van der Waals surface area contributed by atoms with Crippen LogP contribution in [0.15, 0.2) is 12.1 Å². The van der Waals surface area contributed by atoms with E-state index in [-0.39, 0.29) is 11.5 Å². The molecular weight excluding hydrogens is 274 g/mol. The molecule has 0 aromatic heterocycles.